The topological polar surface area (TPSA) is 180 Å². The Morgan fingerprint density at radius 3 is 2.31 bits per heavy atom. The van der Waals surface area contributed by atoms with Crippen molar-refractivity contribution in [2.45, 2.75) is 45.4 Å². The molecule has 0 spiro atoms. The Labute approximate surface area is 243 Å². The van der Waals surface area contributed by atoms with Crippen LogP contribution in [-0.2, 0) is 41.7 Å². The zero-order chi connectivity index (χ0) is 30.6. The first-order valence-electron chi connectivity index (χ1n) is 13.3. The lowest BCUT2D eigenvalue weighted by atomic mass is 10.0. The quantitative estimate of drug-likeness (QED) is 0.236. The number of alkyl carbamates (subject to hydrolysis) is 1. The molecule has 13 heteroatoms. The first kappa shape index (κ1) is 31.3. The van der Waals surface area contributed by atoms with E-state index < -0.39 is 54.3 Å². The number of amides is 6. The molecule has 1 heterocycles. The summed E-state index contributed by atoms with van der Waals surface area (Å²) in [5, 5.41) is 5.41. The number of hydrogen-bond donors (Lipinski definition) is 4. The average Bonchev–Trinajstić information content (AvgIpc) is 2.98. The summed E-state index contributed by atoms with van der Waals surface area (Å²) in [4.78, 5) is 76.0. The summed E-state index contributed by atoms with van der Waals surface area (Å²) in [6, 6.07) is 14.2. The Hall–Kier alpha value is -5.20. The van der Waals surface area contributed by atoms with Crippen LogP contribution < -0.4 is 26.7 Å². The van der Waals surface area contributed by atoms with Gasteiger partial charge in [-0.25, -0.2) is 9.80 Å². The van der Waals surface area contributed by atoms with E-state index in [1.54, 1.807) is 29.2 Å². The van der Waals surface area contributed by atoms with E-state index in [4.69, 9.17) is 10.5 Å². The van der Waals surface area contributed by atoms with Crippen LogP contribution in [0.4, 0.5) is 10.5 Å². The first-order chi connectivity index (χ1) is 20.0. The second-order valence-corrected chi connectivity index (χ2v) is 9.58. The molecule has 0 saturated heterocycles. The molecule has 1 aliphatic heterocycles. The third-order valence-corrected chi connectivity index (χ3v) is 6.26. The van der Waals surface area contributed by atoms with Gasteiger partial charge in [-0.15, -0.1) is 0 Å². The van der Waals surface area contributed by atoms with E-state index in [1.807, 2.05) is 30.3 Å². The van der Waals surface area contributed by atoms with Crippen LogP contribution in [0.2, 0.25) is 0 Å². The van der Waals surface area contributed by atoms with Crippen molar-refractivity contribution in [2.75, 3.05) is 18.0 Å². The number of rotatable bonds is 10. The SMILES string of the molecule is CC(NC(=O)OCc1ccccc1)C(=O)NC(C)C(=O)NN(CC(N)=O)C(=O)/C=C/C(=O)N1CCCc2ccccc21. The number of carbonyl (C=O) groups excluding carboxylic acids is 6. The summed E-state index contributed by atoms with van der Waals surface area (Å²) in [5.74, 6) is -3.78. The second kappa shape index (κ2) is 15.0. The predicted octanol–water partition coefficient (Wildman–Crippen LogP) is 0.687. The predicted molar refractivity (Wildman–Crippen MR) is 152 cm³/mol. The maximum Gasteiger partial charge on any atom is 0.408 e. The molecule has 2 atom stereocenters. The van der Waals surface area contributed by atoms with Crippen LogP contribution in [-0.4, -0.2) is 65.8 Å². The van der Waals surface area contributed by atoms with Crippen molar-refractivity contribution >= 4 is 41.3 Å². The molecule has 0 fully saturated rings. The molecule has 0 bridgehead atoms. The lowest BCUT2D eigenvalue weighted by Gasteiger charge is -2.28. The van der Waals surface area contributed by atoms with Crippen LogP contribution in [0.1, 0.15) is 31.4 Å². The molecule has 0 saturated carbocycles. The van der Waals surface area contributed by atoms with Crippen molar-refractivity contribution in [1.29, 1.82) is 0 Å². The number of anilines is 1. The molecule has 13 nitrogen and oxygen atoms in total. The highest BCUT2D eigenvalue weighted by Crippen LogP contribution is 2.26. The minimum atomic E-state index is -1.18. The molecule has 6 amide bonds. The standard InChI is InChI=1S/C29H34N6O7/c1-19(32-29(41)42-18-21-9-4-3-5-10-21)27(39)31-20(2)28(40)33-35(17-24(30)36)26(38)15-14-25(37)34-16-8-12-22-11-6-7-13-23(22)34/h3-7,9-11,13-15,19-20H,8,12,16-18H2,1-2H3,(H2,30,36)(H,31,39)(H,32,41)(H,33,40)/b15-14+. The number of nitrogens with one attached hydrogen (secondary N) is 3. The van der Waals surface area contributed by atoms with Gasteiger partial charge in [0.1, 0.15) is 25.2 Å². The molecule has 1 aliphatic rings. The van der Waals surface area contributed by atoms with Gasteiger partial charge in [-0.2, -0.15) is 0 Å². The van der Waals surface area contributed by atoms with Crippen LogP contribution >= 0.6 is 0 Å². The number of hydrazine groups is 1. The fraction of sp³-hybridized carbons (Fsp3) is 0.310. The fourth-order valence-corrected chi connectivity index (χ4v) is 4.05. The Bertz CT molecular complexity index is 1350. The number of primary amides is 1. The van der Waals surface area contributed by atoms with Crippen molar-refractivity contribution in [3.05, 3.63) is 77.9 Å². The van der Waals surface area contributed by atoms with Crippen molar-refractivity contribution in [3.8, 4) is 0 Å². The second-order valence-electron chi connectivity index (χ2n) is 9.58. The summed E-state index contributed by atoms with van der Waals surface area (Å²) < 4.78 is 5.08. The highest BCUT2D eigenvalue weighted by atomic mass is 16.5. The van der Waals surface area contributed by atoms with Gasteiger partial charge in [0.2, 0.25) is 11.8 Å². The number of nitrogens with two attached hydrogens (primary N) is 1. The number of aryl methyl sites for hydroxylation is 1. The summed E-state index contributed by atoms with van der Waals surface area (Å²) in [6.45, 7) is 2.55. The molecule has 0 aromatic heterocycles. The Kier molecular flexibility index (Phi) is 11.2. The van der Waals surface area contributed by atoms with Crippen LogP contribution in [0.3, 0.4) is 0 Å². The summed E-state index contributed by atoms with van der Waals surface area (Å²) in [7, 11) is 0. The number of hydrogen-bond acceptors (Lipinski definition) is 7. The van der Waals surface area contributed by atoms with Gasteiger partial charge >= 0.3 is 6.09 Å². The molecule has 42 heavy (non-hydrogen) atoms. The molecule has 2 aromatic rings. The number of nitrogens with zero attached hydrogens (tertiary/aromatic N) is 2. The first-order valence-corrected chi connectivity index (χ1v) is 13.3. The van der Waals surface area contributed by atoms with Crippen LogP contribution in [0.15, 0.2) is 66.7 Å². The third-order valence-electron chi connectivity index (χ3n) is 6.26. The van der Waals surface area contributed by atoms with Crippen LogP contribution in [0, 0.1) is 0 Å². The fourth-order valence-electron chi connectivity index (χ4n) is 4.05. The van der Waals surface area contributed by atoms with E-state index in [1.165, 1.54) is 13.8 Å². The number of ether oxygens (including phenoxy) is 1. The normalized spacial score (nSPS) is 13.7. The minimum absolute atomic E-state index is 0.00884. The number of fused-ring (bicyclic) bond motifs is 1. The zero-order valence-corrected chi connectivity index (χ0v) is 23.4. The highest BCUT2D eigenvalue weighted by Gasteiger charge is 2.25. The largest absolute Gasteiger partial charge is 0.445 e. The monoisotopic (exact) mass is 578 g/mol. The molecule has 0 aliphatic carbocycles. The molecule has 5 N–H and O–H groups in total. The maximum absolute atomic E-state index is 12.8. The van der Waals surface area contributed by atoms with E-state index in [2.05, 4.69) is 16.1 Å². The van der Waals surface area contributed by atoms with Gasteiger partial charge < -0.3 is 26.0 Å². The van der Waals surface area contributed by atoms with Gasteiger partial charge in [0.05, 0.1) is 0 Å². The number of benzene rings is 2. The average molecular weight is 579 g/mol. The molecule has 2 aromatic carbocycles. The van der Waals surface area contributed by atoms with Gasteiger partial charge in [-0.05, 0) is 43.9 Å². The summed E-state index contributed by atoms with van der Waals surface area (Å²) >= 11 is 0. The molecule has 222 valence electrons. The van der Waals surface area contributed by atoms with Crippen molar-refractivity contribution < 1.29 is 33.5 Å². The molecule has 3 rings (SSSR count). The van der Waals surface area contributed by atoms with E-state index in [0.29, 0.717) is 11.6 Å². The van der Waals surface area contributed by atoms with Gasteiger partial charge in [-0.1, -0.05) is 48.5 Å². The molecule has 0 radical (unpaired) electrons. The summed E-state index contributed by atoms with van der Waals surface area (Å²) in [6.07, 6.45) is 2.76. The lowest BCUT2D eigenvalue weighted by Crippen LogP contribution is -2.56. The smallest absolute Gasteiger partial charge is 0.408 e. The molecule has 2 unspecified atom stereocenters. The van der Waals surface area contributed by atoms with Crippen molar-refractivity contribution in [1.82, 2.24) is 21.1 Å². The Morgan fingerprint density at radius 1 is 0.929 bits per heavy atom. The third kappa shape index (κ3) is 9.18. The zero-order valence-electron chi connectivity index (χ0n) is 23.4. The Morgan fingerprint density at radius 2 is 1.60 bits per heavy atom. The molecular weight excluding hydrogens is 544 g/mol. The van der Waals surface area contributed by atoms with E-state index in [0.717, 1.165) is 41.8 Å². The van der Waals surface area contributed by atoms with Crippen molar-refractivity contribution in [2.24, 2.45) is 5.73 Å². The number of para-hydroxylation sites is 1. The van der Waals surface area contributed by atoms with Crippen LogP contribution in [0.25, 0.3) is 0 Å². The van der Waals surface area contributed by atoms with Gasteiger partial charge in [0, 0.05) is 24.4 Å². The van der Waals surface area contributed by atoms with E-state index >= 15 is 0 Å². The molecular formula is C29H34N6O7. The Balaban J connectivity index is 1.53. The van der Waals surface area contributed by atoms with E-state index in [9.17, 15) is 28.8 Å². The van der Waals surface area contributed by atoms with Gasteiger partial charge in [0.15, 0.2) is 0 Å². The van der Waals surface area contributed by atoms with Gasteiger partial charge in [0.25, 0.3) is 17.7 Å². The maximum atomic E-state index is 12.8. The summed E-state index contributed by atoms with van der Waals surface area (Å²) in [5.41, 5.74) is 10.0. The highest BCUT2D eigenvalue weighted by molar-refractivity contribution is 6.06. The number of carbonyl (C=O) groups is 6. The minimum Gasteiger partial charge on any atom is -0.445 e. The van der Waals surface area contributed by atoms with Gasteiger partial charge in [-0.3, -0.25) is 29.4 Å². The van der Waals surface area contributed by atoms with E-state index in [-0.39, 0.29) is 6.61 Å². The lowest BCUT2D eigenvalue weighted by molar-refractivity contribution is -0.142. The van der Waals surface area contributed by atoms with Crippen LogP contribution in [0.5, 0.6) is 0 Å². The van der Waals surface area contributed by atoms with Crippen molar-refractivity contribution in [3.63, 3.8) is 0 Å².